The maximum Gasteiger partial charge on any atom is 0.328 e. The van der Waals surface area contributed by atoms with Gasteiger partial charge in [-0.25, -0.2) is 9.78 Å². The van der Waals surface area contributed by atoms with Gasteiger partial charge in [0.1, 0.15) is 23.5 Å². The number of aryl methyl sites for hydroxylation is 1. The first-order chi connectivity index (χ1) is 12.8. The second-order valence-corrected chi connectivity index (χ2v) is 7.63. The van der Waals surface area contributed by atoms with Crippen LogP contribution in [0.2, 0.25) is 0 Å². The Hall–Kier alpha value is -2.29. The van der Waals surface area contributed by atoms with Gasteiger partial charge in [-0.2, -0.15) is 11.8 Å². The van der Waals surface area contributed by atoms with Crippen molar-refractivity contribution < 1.29 is 18.7 Å². The Bertz CT molecular complexity index is 887. The molecule has 1 amide bonds. The third-order valence-corrected chi connectivity index (χ3v) is 4.69. The van der Waals surface area contributed by atoms with Gasteiger partial charge >= 0.3 is 5.97 Å². The minimum atomic E-state index is -0.797. The SMILES string of the molecule is COC(=O)[C@H](CCSC)NC(=O)c1c(C)oc2ncn(CC(C)C)c(=O)c12. The zero-order chi connectivity index (χ0) is 20.1. The molecular weight excluding hydrogens is 370 g/mol. The second kappa shape index (κ2) is 9.07. The molecule has 0 saturated heterocycles. The molecule has 2 heterocycles. The molecule has 0 aliphatic carbocycles. The number of carbonyl (C=O) groups is 2. The van der Waals surface area contributed by atoms with Crippen LogP contribution < -0.4 is 10.9 Å². The molecule has 0 bridgehead atoms. The van der Waals surface area contributed by atoms with Gasteiger partial charge in [0.25, 0.3) is 11.5 Å². The maximum atomic E-state index is 12.9. The molecule has 2 aromatic heterocycles. The minimum absolute atomic E-state index is 0.110. The molecule has 8 nitrogen and oxygen atoms in total. The first-order valence-corrected chi connectivity index (χ1v) is 10.1. The molecule has 0 aliphatic rings. The van der Waals surface area contributed by atoms with E-state index in [0.29, 0.717) is 18.7 Å². The predicted molar refractivity (Wildman–Crippen MR) is 104 cm³/mol. The quantitative estimate of drug-likeness (QED) is 0.682. The number of furan rings is 1. The van der Waals surface area contributed by atoms with Crippen LogP contribution in [0.1, 0.15) is 36.4 Å². The third-order valence-electron chi connectivity index (χ3n) is 4.05. The van der Waals surface area contributed by atoms with E-state index in [0.717, 1.165) is 0 Å². The van der Waals surface area contributed by atoms with Crippen molar-refractivity contribution >= 4 is 34.7 Å². The Morgan fingerprint density at radius 2 is 2.11 bits per heavy atom. The molecule has 1 N–H and O–H groups in total. The fourth-order valence-electron chi connectivity index (χ4n) is 2.79. The fourth-order valence-corrected chi connectivity index (χ4v) is 3.26. The highest BCUT2D eigenvalue weighted by atomic mass is 32.2. The van der Waals surface area contributed by atoms with Crippen LogP contribution in [0.15, 0.2) is 15.5 Å². The van der Waals surface area contributed by atoms with E-state index >= 15 is 0 Å². The summed E-state index contributed by atoms with van der Waals surface area (Å²) >= 11 is 1.56. The summed E-state index contributed by atoms with van der Waals surface area (Å²) < 4.78 is 11.7. The van der Waals surface area contributed by atoms with Gasteiger partial charge in [-0.1, -0.05) is 13.8 Å². The largest absolute Gasteiger partial charge is 0.467 e. The molecule has 2 rings (SSSR count). The summed E-state index contributed by atoms with van der Waals surface area (Å²) in [5.74, 6) is 0.112. The van der Waals surface area contributed by atoms with E-state index in [-0.39, 0.29) is 33.9 Å². The molecule has 0 spiro atoms. The number of amides is 1. The smallest absolute Gasteiger partial charge is 0.328 e. The van der Waals surface area contributed by atoms with Gasteiger partial charge in [-0.15, -0.1) is 0 Å². The number of hydrogen-bond donors (Lipinski definition) is 1. The van der Waals surface area contributed by atoms with Gasteiger partial charge in [-0.3, -0.25) is 14.2 Å². The molecule has 0 radical (unpaired) electrons. The highest BCUT2D eigenvalue weighted by Gasteiger charge is 2.27. The van der Waals surface area contributed by atoms with Gasteiger partial charge in [0.15, 0.2) is 0 Å². The predicted octanol–water partition coefficient (Wildman–Crippen LogP) is 1.98. The fraction of sp³-hybridized carbons (Fsp3) is 0.556. The zero-order valence-electron chi connectivity index (χ0n) is 16.2. The van der Waals surface area contributed by atoms with Crippen molar-refractivity contribution in [3.8, 4) is 0 Å². The topological polar surface area (TPSA) is 103 Å². The number of carbonyl (C=O) groups excluding carboxylic acids is 2. The summed E-state index contributed by atoms with van der Waals surface area (Å²) in [5, 5.41) is 2.79. The van der Waals surface area contributed by atoms with Crippen LogP contribution in [0.3, 0.4) is 0 Å². The van der Waals surface area contributed by atoms with Crippen LogP contribution in [0.25, 0.3) is 11.1 Å². The normalized spacial score (nSPS) is 12.4. The van der Waals surface area contributed by atoms with Crippen LogP contribution in [-0.4, -0.2) is 46.6 Å². The number of esters is 1. The summed E-state index contributed by atoms with van der Waals surface area (Å²) in [6.45, 7) is 6.04. The van der Waals surface area contributed by atoms with Crippen LogP contribution >= 0.6 is 11.8 Å². The minimum Gasteiger partial charge on any atom is -0.467 e. The molecular formula is C18H25N3O5S. The van der Waals surface area contributed by atoms with Gasteiger partial charge in [0.05, 0.1) is 12.7 Å². The van der Waals surface area contributed by atoms with Crippen LogP contribution in [-0.2, 0) is 16.1 Å². The average Bonchev–Trinajstić information content (AvgIpc) is 2.96. The monoisotopic (exact) mass is 395 g/mol. The molecule has 9 heteroatoms. The number of nitrogens with one attached hydrogen (secondary N) is 1. The van der Waals surface area contributed by atoms with Gasteiger partial charge in [0, 0.05) is 6.54 Å². The molecule has 0 aliphatic heterocycles. The van der Waals surface area contributed by atoms with E-state index in [1.54, 1.807) is 18.7 Å². The number of aromatic nitrogens is 2. The Labute approximate surface area is 161 Å². The highest BCUT2D eigenvalue weighted by Crippen LogP contribution is 2.21. The summed E-state index contributed by atoms with van der Waals surface area (Å²) in [4.78, 5) is 41.8. The van der Waals surface area contributed by atoms with E-state index in [9.17, 15) is 14.4 Å². The molecule has 1 atom stereocenters. The Kier molecular flexibility index (Phi) is 7.06. The molecule has 0 fully saturated rings. The number of methoxy groups -OCH3 is 1. The third kappa shape index (κ3) is 4.71. The van der Waals surface area contributed by atoms with Gasteiger partial charge < -0.3 is 14.5 Å². The number of hydrogen-bond acceptors (Lipinski definition) is 7. The lowest BCUT2D eigenvalue weighted by molar-refractivity contribution is -0.142. The second-order valence-electron chi connectivity index (χ2n) is 6.64. The van der Waals surface area contributed by atoms with Crippen LogP contribution in [0, 0.1) is 12.8 Å². The molecule has 27 heavy (non-hydrogen) atoms. The van der Waals surface area contributed by atoms with E-state index < -0.39 is 17.9 Å². The van der Waals surface area contributed by atoms with E-state index in [4.69, 9.17) is 9.15 Å². The summed E-state index contributed by atoms with van der Waals surface area (Å²) in [5.41, 5.74) is -0.116. The molecule has 0 aromatic carbocycles. The van der Waals surface area contributed by atoms with Crippen molar-refractivity contribution in [2.24, 2.45) is 5.92 Å². The van der Waals surface area contributed by atoms with Crippen molar-refractivity contribution in [2.75, 3.05) is 19.1 Å². The van der Waals surface area contributed by atoms with Crippen molar-refractivity contribution in [1.82, 2.24) is 14.9 Å². The average molecular weight is 395 g/mol. The summed E-state index contributed by atoms with van der Waals surface area (Å²) in [7, 11) is 1.27. The van der Waals surface area contributed by atoms with Crippen molar-refractivity contribution in [3.63, 3.8) is 0 Å². The van der Waals surface area contributed by atoms with Crippen LogP contribution in [0.5, 0.6) is 0 Å². The number of ether oxygens (including phenoxy) is 1. The standard InChI is InChI=1S/C18H25N3O5S/c1-10(2)8-21-9-19-16-14(17(21)23)13(11(3)26-16)15(22)20-12(6-7-27-5)18(24)25-4/h9-10,12H,6-8H2,1-5H3,(H,20,22)/t12-/m0/s1. The molecule has 0 unspecified atom stereocenters. The lowest BCUT2D eigenvalue weighted by atomic mass is 10.1. The highest BCUT2D eigenvalue weighted by molar-refractivity contribution is 7.98. The number of nitrogens with zero attached hydrogens (tertiary/aromatic N) is 2. The molecule has 148 valence electrons. The van der Waals surface area contributed by atoms with Gasteiger partial charge in [-0.05, 0) is 31.3 Å². The Balaban J connectivity index is 2.43. The number of rotatable bonds is 8. The lowest BCUT2D eigenvalue weighted by Gasteiger charge is -2.16. The van der Waals surface area contributed by atoms with E-state index in [1.807, 2.05) is 20.1 Å². The number of thioether (sulfide) groups is 1. The van der Waals surface area contributed by atoms with Crippen molar-refractivity contribution in [1.29, 1.82) is 0 Å². The maximum absolute atomic E-state index is 12.9. The Morgan fingerprint density at radius 1 is 1.41 bits per heavy atom. The summed E-state index contributed by atoms with van der Waals surface area (Å²) in [6, 6.07) is -0.797. The molecule has 2 aromatic rings. The van der Waals surface area contributed by atoms with E-state index in [1.165, 1.54) is 18.0 Å². The van der Waals surface area contributed by atoms with Crippen molar-refractivity contribution in [2.45, 2.75) is 39.8 Å². The number of fused-ring (bicyclic) bond motifs is 1. The zero-order valence-corrected chi connectivity index (χ0v) is 17.0. The van der Waals surface area contributed by atoms with Crippen LogP contribution in [0.4, 0.5) is 0 Å². The van der Waals surface area contributed by atoms with E-state index in [2.05, 4.69) is 10.3 Å². The lowest BCUT2D eigenvalue weighted by Crippen LogP contribution is -2.42. The first-order valence-electron chi connectivity index (χ1n) is 8.66. The summed E-state index contributed by atoms with van der Waals surface area (Å²) in [6.07, 6.45) is 3.75. The first kappa shape index (κ1) is 21.0. The van der Waals surface area contributed by atoms with Crippen molar-refractivity contribution in [3.05, 3.63) is 28.0 Å². The Morgan fingerprint density at radius 3 is 2.70 bits per heavy atom. The van der Waals surface area contributed by atoms with Gasteiger partial charge in [0.2, 0.25) is 5.71 Å². The molecule has 0 saturated carbocycles.